The third-order valence-corrected chi connectivity index (χ3v) is 2.97. The molecule has 1 aliphatic heterocycles. The zero-order valence-electron chi connectivity index (χ0n) is 11.6. The van der Waals surface area contributed by atoms with Gasteiger partial charge in [-0.15, -0.1) is 0 Å². The lowest BCUT2D eigenvalue weighted by atomic mass is 10.2. The third kappa shape index (κ3) is 4.48. The van der Waals surface area contributed by atoms with Gasteiger partial charge >= 0.3 is 6.03 Å². The molecule has 7 nitrogen and oxygen atoms in total. The molecule has 1 aromatic carbocycles. The summed E-state index contributed by atoms with van der Waals surface area (Å²) in [6.07, 6.45) is 0.341. The zero-order valence-corrected chi connectivity index (χ0v) is 11.6. The van der Waals surface area contributed by atoms with Crippen molar-refractivity contribution in [3.05, 3.63) is 29.8 Å². The van der Waals surface area contributed by atoms with Crippen LogP contribution in [0.4, 0.5) is 4.79 Å². The maximum Gasteiger partial charge on any atom is 0.322 e. The van der Waals surface area contributed by atoms with Crippen molar-refractivity contribution in [3.63, 3.8) is 0 Å². The summed E-state index contributed by atoms with van der Waals surface area (Å²) in [5.74, 6) is -0.0147. The summed E-state index contributed by atoms with van der Waals surface area (Å²) in [4.78, 5) is 33.8. The first kappa shape index (κ1) is 14.8. The van der Waals surface area contributed by atoms with Crippen molar-refractivity contribution in [2.75, 3.05) is 13.2 Å². The number of ether oxygens (including phenoxy) is 1. The maximum atomic E-state index is 11.6. The molecule has 0 aromatic heterocycles. The third-order valence-electron chi connectivity index (χ3n) is 2.97. The molecular weight excluding hydrogens is 274 g/mol. The van der Waals surface area contributed by atoms with Gasteiger partial charge in [-0.25, -0.2) is 4.79 Å². The molecule has 1 saturated heterocycles. The summed E-state index contributed by atoms with van der Waals surface area (Å²) >= 11 is 0. The molecule has 3 N–H and O–H groups in total. The van der Waals surface area contributed by atoms with Gasteiger partial charge in [0.2, 0.25) is 0 Å². The topological polar surface area (TPSA) is 96.5 Å². The largest absolute Gasteiger partial charge is 0.484 e. The van der Waals surface area contributed by atoms with E-state index in [1.54, 1.807) is 6.07 Å². The van der Waals surface area contributed by atoms with E-state index in [0.29, 0.717) is 12.2 Å². The predicted octanol–water partition coefficient (Wildman–Crippen LogP) is 0.0881. The van der Waals surface area contributed by atoms with Crippen LogP contribution < -0.4 is 20.7 Å². The average Bonchev–Trinajstić information content (AvgIpc) is 2.75. The van der Waals surface area contributed by atoms with E-state index in [0.717, 1.165) is 5.56 Å². The van der Waals surface area contributed by atoms with Crippen LogP contribution in [-0.2, 0) is 9.59 Å². The number of carbonyl (C=O) groups is 3. The fourth-order valence-electron chi connectivity index (χ4n) is 1.92. The Morgan fingerprint density at radius 1 is 1.38 bits per heavy atom. The second-order valence-electron chi connectivity index (χ2n) is 4.76. The van der Waals surface area contributed by atoms with Crippen molar-refractivity contribution >= 4 is 17.8 Å². The molecule has 0 bridgehead atoms. The quantitative estimate of drug-likeness (QED) is 0.647. The summed E-state index contributed by atoms with van der Waals surface area (Å²) in [5, 5.41) is 7.22. The first-order valence-corrected chi connectivity index (χ1v) is 6.62. The molecule has 1 aliphatic rings. The normalized spacial score (nSPS) is 17.1. The van der Waals surface area contributed by atoms with E-state index >= 15 is 0 Å². The summed E-state index contributed by atoms with van der Waals surface area (Å²) < 4.78 is 5.35. The highest BCUT2D eigenvalue weighted by molar-refractivity contribution is 6.04. The van der Waals surface area contributed by atoms with Crippen LogP contribution in [0.15, 0.2) is 24.3 Å². The Morgan fingerprint density at radius 3 is 2.86 bits per heavy atom. The monoisotopic (exact) mass is 291 g/mol. The molecule has 1 unspecified atom stereocenters. The summed E-state index contributed by atoms with van der Waals surface area (Å²) in [7, 11) is 0. The highest BCUT2D eigenvalue weighted by Crippen LogP contribution is 2.11. The molecule has 0 radical (unpaired) electrons. The van der Waals surface area contributed by atoms with E-state index < -0.39 is 12.1 Å². The van der Waals surface area contributed by atoms with Gasteiger partial charge in [-0.05, 0) is 31.0 Å². The van der Waals surface area contributed by atoms with E-state index in [1.807, 2.05) is 25.1 Å². The SMILES string of the molecule is Cc1cccc(OCC(=O)NCCC2NC(=O)NC2=O)c1. The Balaban J connectivity index is 1.66. The first-order chi connectivity index (χ1) is 10.0. The van der Waals surface area contributed by atoms with Crippen molar-refractivity contribution in [2.45, 2.75) is 19.4 Å². The minimum absolute atomic E-state index is 0.0906. The molecule has 7 heteroatoms. The molecule has 1 fully saturated rings. The van der Waals surface area contributed by atoms with Crippen LogP contribution in [0.2, 0.25) is 0 Å². The molecule has 112 valence electrons. The number of amides is 4. The van der Waals surface area contributed by atoms with E-state index in [2.05, 4.69) is 16.0 Å². The first-order valence-electron chi connectivity index (χ1n) is 6.62. The number of hydrogen-bond acceptors (Lipinski definition) is 4. The lowest BCUT2D eigenvalue weighted by Crippen LogP contribution is -2.36. The van der Waals surface area contributed by atoms with Gasteiger partial charge in [0.05, 0.1) is 0 Å². The molecule has 2 rings (SSSR count). The van der Waals surface area contributed by atoms with E-state index in [1.165, 1.54) is 0 Å². The smallest absolute Gasteiger partial charge is 0.322 e. The molecule has 4 amide bonds. The van der Waals surface area contributed by atoms with Crippen LogP contribution in [0.5, 0.6) is 5.75 Å². The summed E-state index contributed by atoms with van der Waals surface area (Å²) in [6, 6.07) is 6.32. The molecule has 0 spiro atoms. The van der Waals surface area contributed by atoms with Gasteiger partial charge in [-0.2, -0.15) is 0 Å². The number of urea groups is 1. The molecule has 1 heterocycles. The Morgan fingerprint density at radius 2 is 2.19 bits per heavy atom. The Labute approximate surface area is 122 Å². The van der Waals surface area contributed by atoms with Gasteiger partial charge in [0.15, 0.2) is 6.61 Å². The highest BCUT2D eigenvalue weighted by atomic mass is 16.5. The molecule has 1 aromatic rings. The van der Waals surface area contributed by atoms with Gasteiger partial charge in [0.1, 0.15) is 11.8 Å². The lowest BCUT2D eigenvalue weighted by molar-refractivity contribution is -0.124. The van der Waals surface area contributed by atoms with Gasteiger partial charge in [-0.1, -0.05) is 12.1 Å². The number of aryl methyl sites for hydroxylation is 1. The number of imide groups is 1. The van der Waals surface area contributed by atoms with Crippen LogP contribution in [-0.4, -0.2) is 37.0 Å². The Hall–Kier alpha value is -2.57. The predicted molar refractivity (Wildman–Crippen MR) is 74.8 cm³/mol. The van der Waals surface area contributed by atoms with E-state index in [-0.39, 0.29) is 25.0 Å². The molecule has 0 saturated carbocycles. The van der Waals surface area contributed by atoms with Crippen LogP contribution in [0.1, 0.15) is 12.0 Å². The number of hydrogen-bond donors (Lipinski definition) is 3. The number of nitrogens with one attached hydrogen (secondary N) is 3. The van der Waals surface area contributed by atoms with Crippen LogP contribution in [0.3, 0.4) is 0 Å². The molecule has 1 atom stereocenters. The molecule has 21 heavy (non-hydrogen) atoms. The molecule has 0 aliphatic carbocycles. The van der Waals surface area contributed by atoms with Crippen molar-refractivity contribution in [1.29, 1.82) is 0 Å². The second-order valence-corrected chi connectivity index (χ2v) is 4.76. The lowest BCUT2D eigenvalue weighted by Gasteiger charge is -2.09. The van der Waals surface area contributed by atoms with Gasteiger partial charge in [0.25, 0.3) is 11.8 Å². The van der Waals surface area contributed by atoms with Crippen molar-refractivity contribution in [2.24, 2.45) is 0 Å². The summed E-state index contributed by atoms with van der Waals surface area (Å²) in [6.45, 7) is 2.13. The number of rotatable bonds is 6. The highest BCUT2D eigenvalue weighted by Gasteiger charge is 2.28. The second kappa shape index (κ2) is 6.74. The minimum Gasteiger partial charge on any atom is -0.484 e. The average molecular weight is 291 g/mol. The van der Waals surface area contributed by atoms with Gasteiger partial charge in [-0.3, -0.25) is 14.9 Å². The standard InChI is InChI=1S/C14H17N3O4/c1-9-3-2-4-10(7-9)21-8-12(18)15-6-5-11-13(19)17-14(20)16-11/h2-4,7,11H,5-6,8H2,1H3,(H,15,18)(H2,16,17,19,20). The fourth-order valence-corrected chi connectivity index (χ4v) is 1.92. The zero-order chi connectivity index (χ0) is 15.2. The Kier molecular flexibility index (Phi) is 4.76. The Bertz CT molecular complexity index is 559. The van der Waals surface area contributed by atoms with Crippen LogP contribution in [0, 0.1) is 6.92 Å². The number of benzene rings is 1. The van der Waals surface area contributed by atoms with Crippen molar-refractivity contribution in [3.8, 4) is 5.75 Å². The summed E-state index contributed by atoms with van der Waals surface area (Å²) in [5.41, 5.74) is 1.05. The van der Waals surface area contributed by atoms with E-state index in [4.69, 9.17) is 4.74 Å². The van der Waals surface area contributed by atoms with Crippen molar-refractivity contribution < 1.29 is 19.1 Å². The number of carbonyl (C=O) groups excluding carboxylic acids is 3. The van der Waals surface area contributed by atoms with E-state index in [9.17, 15) is 14.4 Å². The molecular formula is C14H17N3O4. The minimum atomic E-state index is -0.588. The van der Waals surface area contributed by atoms with Crippen LogP contribution >= 0.6 is 0 Å². The fraction of sp³-hybridized carbons (Fsp3) is 0.357. The van der Waals surface area contributed by atoms with Crippen LogP contribution in [0.25, 0.3) is 0 Å². The van der Waals surface area contributed by atoms with Crippen molar-refractivity contribution in [1.82, 2.24) is 16.0 Å². The van der Waals surface area contributed by atoms with Gasteiger partial charge < -0.3 is 15.4 Å². The van der Waals surface area contributed by atoms with Gasteiger partial charge in [0, 0.05) is 6.54 Å². The maximum absolute atomic E-state index is 11.6.